The summed E-state index contributed by atoms with van der Waals surface area (Å²) >= 11 is 0. The Morgan fingerprint density at radius 3 is 2.52 bits per heavy atom. The third-order valence-electron chi connectivity index (χ3n) is 3.02. The van der Waals surface area contributed by atoms with Crippen molar-refractivity contribution in [3.8, 4) is 17.1 Å². The molecule has 2 N–H and O–H groups in total. The molecule has 0 aliphatic rings. The summed E-state index contributed by atoms with van der Waals surface area (Å²) < 4.78 is 7.38. The minimum absolute atomic E-state index is 0.481. The normalized spacial score (nSPS) is 10.5. The summed E-state index contributed by atoms with van der Waals surface area (Å²) in [6.07, 6.45) is 0. The monoisotopic (exact) mass is 281 g/mol. The maximum atomic E-state index is 5.65. The van der Waals surface area contributed by atoms with Crippen LogP contribution >= 0.6 is 0 Å². The SMILES string of the molecule is Nc1ccc(OCCn2nnnc2-c2ccccc2)cc1. The van der Waals surface area contributed by atoms with Crippen LogP contribution in [0.2, 0.25) is 0 Å². The molecule has 106 valence electrons. The van der Waals surface area contributed by atoms with Crippen LogP contribution < -0.4 is 10.5 Å². The van der Waals surface area contributed by atoms with E-state index in [0.29, 0.717) is 18.8 Å². The fourth-order valence-electron chi connectivity index (χ4n) is 1.96. The smallest absolute Gasteiger partial charge is 0.182 e. The molecule has 0 aliphatic heterocycles. The van der Waals surface area contributed by atoms with Gasteiger partial charge in [0.2, 0.25) is 0 Å². The second-order valence-corrected chi connectivity index (χ2v) is 4.51. The van der Waals surface area contributed by atoms with Gasteiger partial charge in [0.15, 0.2) is 5.82 Å². The first-order valence-electron chi connectivity index (χ1n) is 6.63. The van der Waals surface area contributed by atoms with Crippen LogP contribution in [-0.2, 0) is 6.54 Å². The van der Waals surface area contributed by atoms with Gasteiger partial charge >= 0.3 is 0 Å². The van der Waals surface area contributed by atoms with Crippen LogP contribution in [0.5, 0.6) is 5.75 Å². The van der Waals surface area contributed by atoms with Crippen molar-refractivity contribution in [3.63, 3.8) is 0 Å². The molecule has 0 radical (unpaired) electrons. The van der Waals surface area contributed by atoms with Crippen molar-refractivity contribution >= 4 is 5.69 Å². The maximum absolute atomic E-state index is 5.65. The van der Waals surface area contributed by atoms with Crippen LogP contribution in [0.25, 0.3) is 11.4 Å². The van der Waals surface area contributed by atoms with Crippen LogP contribution in [0.4, 0.5) is 5.69 Å². The Balaban J connectivity index is 1.64. The van der Waals surface area contributed by atoms with E-state index in [1.54, 1.807) is 4.68 Å². The molecular weight excluding hydrogens is 266 g/mol. The number of ether oxygens (including phenoxy) is 1. The molecule has 6 heteroatoms. The zero-order valence-corrected chi connectivity index (χ0v) is 11.4. The van der Waals surface area contributed by atoms with Gasteiger partial charge in [0.05, 0.1) is 6.54 Å². The zero-order valence-electron chi connectivity index (χ0n) is 11.4. The third-order valence-corrected chi connectivity index (χ3v) is 3.02. The van der Waals surface area contributed by atoms with E-state index in [1.165, 1.54) is 0 Å². The minimum atomic E-state index is 0.481. The first-order chi connectivity index (χ1) is 10.3. The van der Waals surface area contributed by atoms with E-state index in [0.717, 1.165) is 17.1 Å². The van der Waals surface area contributed by atoms with E-state index < -0.39 is 0 Å². The summed E-state index contributed by atoms with van der Waals surface area (Å²) in [5.41, 5.74) is 7.33. The number of hydrogen-bond donors (Lipinski definition) is 1. The number of rotatable bonds is 5. The molecule has 6 nitrogen and oxygen atoms in total. The molecule has 0 amide bonds. The lowest BCUT2D eigenvalue weighted by Gasteiger charge is -2.07. The molecule has 0 spiro atoms. The Morgan fingerprint density at radius 1 is 1.00 bits per heavy atom. The fraction of sp³-hybridized carbons (Fsp3) is 0.133. The van der Waals surface area contributed by atoms with Crippen LogP contribution in [0.15, 0.2) is 54.6 Å². The Kier molecular flexibility index (Phi) is 3.77. The van der Waals surface area contributed by atoms with E-state index >= 15 is 0 Å². The van der Waals surface area contributed by atoms with Crippen LogP contribution in [0.3, 0.4) is 0 Å². The molecule has 3 rings (SSSR count). The number of tetrazole rings is 1. The number of anilines is 1. The first-order valence-corrected chi connectivity index (χ1v) is 6.63. The summed E-state index contributed by atoms with van der Waals surface area (Å²) in [6.45, 7) is 1.05. The van der Waals surface area contributed by atoms with Gasteiger partial charge in [-0.05, 0) is 34.7 Å². The van der Waals surface area contributed by atoms with E-state index in [9.17, 15) is 0 Å². The summed E-state index contributed by atoms with van der Waals surface area (Å²) in [6, 6.07) is 17.1. The molecular formula is C15H15N5O. The number of benzene rings is 2. The van der Waals surface area contributed by atoms with Gasteiger partial charge in [-0.2, -0.15) is 0 Å². The third kappa shape index (κ3) is 3.17. The van der Waals surface area contributed by atoms with Crippen molar-refractivity contribution in [2.24, 2.45) is 0 Å². The Bertz CT molecular complexity index is 694. The first kappa shape index (κ1) is 13.1. The van der Waals surface area contributed by atoms with Crippen LogP contribution in [0, 0.1) is 0 Å². The van der Waals surface area contributed by atoms with Gasteiger partial charge in [0.25, 0.3) is 0 Å². The lowest BCUT2D eigenvalue weighted by molar-refractivity contribution is 0.290. The summed E-state index contributed by atoms with van der Waals surface area (Å²) in [7, 11) is 0. The summed E-state index contributed by atoms with van der Waals surface area (Å²) in [4.78, 5) is 0. The quantitative estimate of drug-likeness (QED) is 0.724. The van der Waals surface area contributed by atoms with Gasteiger partial charge in [-0.1, -0.05) is 30.3 Å². The Labute approximate surface area is 122 Å². The summed E-state index contributed by atoms with van der Waals surface area (Å²) in [5.74, 6) is 1.51. The molecule has 3 aromatic rings. The van der Waals surface area contributed by atoms with Crippen LogP contribution in [0.1, 0.15) is 0 Å². The van der Waals surface area contributed by atoms with Crippen molar-refractivity contribution in [2.45, 2.75) is 6.54 Å². The number of nitrogens with zero attached hydrogens (tertiary/aromatic N) is 4. The van der Waals surface area contributed by atoms with E-state index in [4.69, 9.17) is 10.5 Å². The van der Waals surface area contributed by atoms with Crippen molar-refractivity contribution in [3.05, 3.63) is 54.6 Å². The average molecular weight is 281 g/mol. The molecule has 0 unspecified atom stereocenters. The molecule has 0 saturated carbocycles. The lowest BCUT2D eigenvalue weighted by atomic mass is 10.2. The van der Waals surface area contributed by atoms with Crippen molar-refractivity contribution < 1.29 is 4.74 Å². The maximum Gasteiger partial charge on any atom is 0.182 e. The second-order valence-electron chi connectivity index (χ2n) is 4.51. The fourth-order valence-corrected chi connectivity index (χ4v) is 1.96. The topological polar surface area (TPSA) is 78.9 Å². The summed E-state index contributed by atoms with van der Waals surface area (Å²) in [5, 5.41) is 11.8. The van der Waals surface area contributed by atoms with Gasteiger partial charge in [-0.3, -0.25) is 0 Å². The molecule has 0 bridgehead atoms. The highest BCUT2D eigenvalue weighted by atomic mass is 16.5. The van der Waals surface area contributed by atoms with E-state index in [1.807, 2.05) is 54.6 Å². The Morgan fingerprint density at radius 2 is 1.76 bits per heavy atom. The molecule has 0 atom stereocenters. The molecule has 1 heterocycles. The highest BCUT2D eigenvalue weighted by Crippen LogP contribution is 2.15. The zero-order chi connectivity index (χ0) is 14.5. The standard InChI is InChI=1S/C15H15N5O/c16-13-6-8-14(9-7-13)21-11-10-20-15(17-18-19-20)12-4-2-1-3-5-12/h1-9H,10-11,16H2. The van der Waals surface area contributed by atoms with Gasteiger partial charge in [-0.25, -0.2) is 4.68 Å². The van der Waals surface area contributed by atoms with Crippen molar-refractivity contribution in [1.29, 1.82) is 0 Å². The van der Waals surface area contributed by atoms with E-state index in [2.05, 4.69) is 15.5 Å². The highest BCUT2D eigenvalue weighted by molar-refractivity contribution is 5.53. The minimum Gasteiger partial charge on any atom is -0.492 e. The average Bonchev–Trinajstić information content (AvgIpc) is 2.99. The number of aromatic nitrogens is 4. The van der Waals surface area contributed by atoms with Gasteiger partial charge in [0, 0.05) is 11.3 Å². The molecule has 2 aromatic carbocycles. The number of hydrogen-bond acceptors (Lipinski definition) is 5. The largest absolute Gasteiger partial charge is 0.492 e. The predicted octanol–water partition coefficient (Wildman–Crippen LogP) is 2.00. The molecule has 0 aliphatic carbocycles. The van der Waals surface area contributed by atoms with Gasteiger partial charge in [-0.15, -0.1) is 5.10 Å². The second kappa shape index (κ2) is 6.04. The molecule has 1 aromatic heterocycles. The lowest BCUT2D eigenvalue weighted by Crippen LogP contribution is -2.11. The molecule has 21 heavy (non-hydrogen) atoms. The van der Waals surface area contributed by atoms with Gasteiger partial charge < -0.3 is 10.5 Å². The van der Waals surface area contributed by atoms with Crippen molar-refractivity contribution in [2.75, 3.05) is 12.3 Å². The van der Waals surface area contributed by atoms with Crippen LogP contribution in [-0.4, -0.2) is 26.8 Å². The van der Waals surface area contributed by atoms with E-state index in [-0.39, 0.29) is 0 Å². The van der Waals surface area contributed by atoms with Gasteiger partial charge in [0.1, 0.15) is 12.4 Å². The predicted molar refractivity (Wildman–Crippen MR) is 79.6 cm³/mol. The molecule has 0 fully saturated rings. The number of nitrogens with two attached hydrogens (primary N) is 1. The highest BCUT2D eigenvalue weighted by Gasteiger charge is 2.08. The number of nitrogen functional groups attached to an aromatic ring is 1. The van der Waals surface area contributed by atoms with Crippen molar-refractivity contribution in [1.82, 2.24) is 20.2 Å². The molecule has 0 saturated heterocycles. The Hall–Kier alpha value is -2.89.